The van der Waals surface area contributed by atoms with Crippen molar-refractivity contribution >= 4 is 28.7 Å². The molecule has 1 saturated carbocycles. The molecule has 8 nitrogen and oxygen atoms in total. The normalized spacial score (nSPS) is 15.1. The summed E-state index contributed by atoms with van der Waals surface area (Å²) in [5.41, 5.74) is 2.55. The molecule has 4 N–H and O–H groups in total. The van der Waals surface area contributed by atoms with Crippen molar-refractivity contribution in [3.8, 4) is 5.88 Å². The fraction of sp³-hybridized carbons (Fsp3) is 0.400. The van der Waals surface area contributed by atoms with Gasteiger partial charge >= 0.3 is 5.69 Å². The van der Waals surface area contributed by atoms with E-state index >= 15 is 0 Å². The van der Waals surface area contributed by atoms with Crippen LogP contribution in [0.5, 0.6) is 5.88 Å². The van der Waals surface area contributed by atoms with E-state index in [9.17, 15) is 14.7 Å². The Bertz CT molecular complexity index is 1010. The van der Waals surface area contributed by atoms with E-state index in [-0.39, 0.29) is 22.6 Å². The third-order valence-corrected chi connectivity index (χ3v) is 5.20. The van der Waals surface area contributed by atoms with Crippen molar-refractivity contribution in [2.45, 2.75) is 51.5 Å². The molecule has 2 aromatic rings. The fourth-order valence-electron chi connectivity index (χ4n) is 3.59. The summed E-state index contributed by atoms with van der Waals surface area (Å²) < 4.78 is 1.29. The van der Waals surface area contributed by atoms with Crippen LogP contribution >= 0.6 is 12.2 Å². The molecular formula is C20H25N5O3S. The number of benzene rings is 1. The third kappa shape index (κ3) is 4.92. The van der Waals surface area contributed by atoms with Gasteiger partial charge in [-0.2, -0.15) is 5.10 Å². The first-order valence-corrected chi connectivity index (χ1v) is 10.2. The summed E-state index contributed by atoms with van der Waals surface area (Å²) in [6.45, 7) is 1.81. The van der Waals surface area contributed by atoms with Crippen LogP contribution in [0.25, 0.3) is 0 Å². The standard InChI is InChI=1S/C20H25N5O3S/c1-2-15(23-24-19(29)21-13-9-5-3-6-10-13)16-17(26)22-20(28)25(18(16)27)14-11-7-4-8-12-14/h3,5-6,9-10,14,27H,2,4,7-8,11-12H2,1H3,(H2,21,24,29)(H,22,26,28)/b23-15+. The Morgan fingerprint density at radius 2 is 1.93 bits per heavy atom. The summed E-state index contributed by atoms with van der Waals surface area (Å²) in [5.74, 6) is -0.338. The molecule has 0 amide bonds. The van der Waals surface area contributed by atoms with E-state index in [0.29, 0.717) is 12.1 Å². The van der Waals surface area contributed by atoms with Crippen LogP contribution in [0.2, 0.25) is 0 Å². The third-order valence-electron chi connectivity index (χ3n) is 5.01. The molecule has 1 aromatic carbocycles. The van der Waals surface area contributed by atoms with Crippen molar-refractivity contribution in [2.75, 3.05) is 5.32 Å². The van der Waals surface area contributed by atoms with Gasteiger partial charge in [0.05, 0.1) is 5.71 Å². The van der Waals surface area contributed by atoms with Gasteiger partial charge in [-0.05, 0) is 43.6 Å². The first kappa shape index (κ1) is 20.8. The van der Waals surface area contributed by atoms with E-state index in [0.717, 1.165) is 37.8 Å². The fourth-order valence-corrected chi connectivity index (χ4v) is 3.75. The molecule has 0 aliphatic heterocycles. The van der Waals surface area contributed by atoms with Gasteiger partial charge in [-0.1, -0.05) is 44.4 Å². The predicted octanol–water partition coefficient (Wildman–Crippen LogP) is 2.85. The number of thiocarbonyl (C=S) groups is 1. The van der Waals surface area contributed by atoms with Crippen molar-refractivity contribution in [2.24, 2.45) is 5.10 Å². The Morgan fingerprint density at radius 3 is 2.59 bits per heavy atom. The Hall–Kier alpha value is -2.94. The predicted molar refractivity (Wildman–Crippen MR) is 118 cm³/mol. The average Bonchev–Trinajstić information content (AvgIpc) is 2.71. The van der Waals surface area contributed by atoms with Gasteiger partial charge in [0, 0.05) is 11.7 Å². The highest BCUT2D eigenvalue weighted by atomic mass is 32.1. The van der Waals surface area contributed by atoms with Gasteiger partial charge in [0.15, 0.2) is 5.11 Å². The van der Waals surface area contributed by atoms with Crippen LogP contribution in [-0.4, -0.2) is 25.5 Å². The summed E-state index contributed by atoms with van der Waals surface area (Å²) in [6, 6.07) is 9.23. The summed E-state index contributed by atoms with van der Waals surface area (Å²) >= 11 is 5.23. The number of aromatic amines is 1. The molecule has 0 unspecified atom stereocenters. The number of hydrogen-bond donors (Lipinski definition) is 4. The van der Waals surface area contributed by atoms with Crippen molar-refractivity contribution in [3.05, 3.63) is 56.7 Å². The lowest BCUT2D eigenvalue weighted by molar-refractivity contribution is 0.298. The van der Waals surface area contributed by atoms with Crippen molar-refractivity contribution < 1.29 is 5.11 Å². The molecule has 3 rings (SSSR count). The SMILES string of the molecule is CC/C(=N\NC(=S)Nc1ccccc1)c1c(O)n(C2CCCCC2)c(=O)[nH]c1=O. The molecular weight excluding hydrogens is 390 g/mol. The lowest BCUT2D eigenvalue weighted by Gasteiger charge is -2.25. The van der Waals surface area contributed by atoms with Gasteiger partial charge in [-0.15, -0.1) is 0 Å². The number of nitrogens with zero attached hydrogens (tertiary/aromatic N) is 2. The van der Waals surface area contributed by atoms with Crippen LogP contribution < -0.4 is 22.0 Å². The van der Waals surface area contributed by atoms with E-state index in [2.05, 4.69) is 20.8 Å². The quantitative estimate of drug-likeness (QED) is 0.339. The first-order valence-electron chi connectivity index (χ1n) is 9.78. The Kier molecular flexibility index (Phi) is 6.82. The molecule has 154 valence electrons. The van der Waals surface area contributed by atoms with Gasteiger partial charge in [-0.3, -0.25) is 19.8 Å². The second kappa shape index (κ2) is 9.51. The molecule has 29 heavy (non-hydrogen) atoms. The van der Waals surface area contributed by atoms with Crippen LogP contribution in [0.4, 0.5) is 5.69 Å². The number of anilines is 1. The summed E-state index contributed by atoms with van der Waals surface area (Å²) in [7, 11) is 0. The van der Waals surface area contributed by atoms with Crippen molar-refractivity contribution in [1.29, 1.82) is 0 Å². The van der Waals surface area contributed by atoms with Crippen LogP contribution in [0.15, 0.2) is 45.0 Å². The highest BCUT2D eigenvalue weighted by Gasteiger charge is 2.24. The maximum absolute atomic E-state index is 12.4. The van der Waals surface area contributed by atoms with Crippen LogP contribution in [-0.2, 0) is 0 Å². The second-order valence-corrected chi connectivity index (χ2v) is 7.37. The minimum atomic E-state index is -0.663. The number of para-hydroxylation sites is 1. The Balaban J connectivity index is 1.88. The number of hydrazone groups is 1. The molecule has 0 saturated heterocycles. The summed E-state index contributed by atoms with van der Waals surface area (Å²) in [5, 5.41) is 18.2. The Labute approximate surface area is 173 Å². The molecule has 0 radical (unpaired) electrons. The van der Waals surface area contributed by atoms with Crippen LogP contribution in [0.1, 0.15) is 57.1 Å². The Morgan fingerprint density at radius 1 is 1.24 bits per heavy atom. The number of aromatic nitrogens is 2. The molecule has 0 bridgehead atoms. The lowest BCUT2D eigenvalue weighted by atomic mass is 9.95. The highest BCUT2D eigenvalue weighted by Crippen LogP contribution is 2.30. The number of aromatic hydroxyl groups is 1. The summed E-state index contributed by atoms with van der Waals surface area (Å²) in [6.07, 6.45) is 5.03. The molecule has 1 aliphatic rings. The number of H-pyrrole nitrogens is 1. The smallest absolute Gasteiger partial charge is 0.331 e. The maximum atomic E-state index is 12.4. The first-order chi connectivity index (χ1) is 14.0. The molecule has 0 spiro atoms. The number of rotatable bonds is 5. The molecule has 1 fully saturated rings. The maximum Gasteiger partial charge on any atom is 0.331 e. The number of nitrogens with one attached hydrogen (secondary N) is 3. The van der Waals surface area contributed by atoms with E-state index in [1.165, 1.54) is 4.57 Å². The van der Waals surface area contributed by atoms with E-state index in [1.54, 1.807) is 0 Å². The molecule has 9 heteroatoms. The van der Waals surface area contributed by atoms with Gasteiger partial charge in [0.2, 0.25) is 5.88 Å². The lowest BCUT2D eigenvalue weighted by Crippen LogP contribution is -2.37. The van der Waals surface area contributed by atoms with Gasteiger partial charge in [0.25, 0.3) is 5.56 Å². The van der Waals surface area contributed by atoms with Crippen LogP contribution in [0, 0.1) is 0 Å². The minimum absolute atomic E-state index is 0.00677. The highest BCUT2D eigenvalue weighted by molar-refractivity contribution is 7.80. The molecule has 1 aromatic heterocycles. The monoisotopic (exact) mass is 415 g/mol. The molecule has 0 atom stereocenters. The van der Waals surface area contributed by atoms with Gasteiger partial charge in [-0.25, -0.2) is 4.79 Å². The van der Waals surface area contributed by atoms with E-state index in [4.69, 9.17) is 12.2 Å². The minimum Gasteiger partial charge on any atom is -0.494 e. The zero-order chi connectivity index (χ0) is 20.8. The number of hydrogen-bond acceptors (Lipinski definition) is 5. The van der Waals surface area contributed by atoms with E-state index < -0.39 is 11.2 Å². The van der Waals surface area contributed by atoms with Crippen molar-refractivity contribution in [1.82, 2.24) is 15.0 Å². The van der Waals surface area contributed by atoms with Gasteiger partial charge in [0.1, 0.15) is 5.56 Å². The van der Waals surface area contributed by atoms with E-state index in [1.807, 2.05) is 37.3 Å². The largest absolute Gasteiger partial charge is 0.494 e. The van der Waals surface area contributed by atoms with Crippen LogP contribution in [0.3, 0.4) is 0 Å². The zero-order valence-electron chi connectivity index (χ0n) is 16.3. The molecule has 1 aliphatic carbocycles. The zero-order valence-corrected chi connectivity index (χ0v) is 17.1. The molecule has 1 heterocycles. The second-order valence-electron chi connectivity index (χ2n) is 6.96. The van der Waals surface area contributed by atoms with Gasteiger partial charge < -0.3 is 10.4 Å². The topological polar surface area (TPSA) is 112 Å². The summed E-state index contributed by atoms with van der Waals surface area (Å²) in [4.78, 5) is 27.1. The average molecular weight is 416 g/mol. The van der Waals surface area contributed by atoms with Crippen molar-refractivity contribution in [3.63, 3.8) is 0 Å².